The summed E-state index contributed by atoms with van der Waals surface area (Å²) < 4.78 is 0. The minimum Gasteiger partial charge on any atom is -0.349 e. The van der Waals surface area contributed by atoms with Crippen molar-refractivity contribution < 1.29 is 0 Å². The van der Waals surface area contributed by atoms with E-state index in [4.69, 9.17) is 0 Å². The zero-order chi connectivity index (χ0) is 6.10. The summed E-state index contributed by atoms with van der Waals surface area (Å²) in [7, 11) is 0. The molecule has 4 heteroatoms. The number of aliphatic imine (C=N–C) groups is 2. The first-order valence-electron chi connectivity index (χ1n) is 2.68. The molecule has 2 heterocycles. The molecule has 1 N–H and O–H groups in total. The van der Waals surface area contributed by atoms with Crippen LogP contribution in [0.1, 0.15) is 0 Å². The van der Waals surface area contributed by atoms with Crippen LogP contribution >= 0.6 is 0 Å². The first-order valence-corrected chi connectivity index (χ1v) is 2.68. The van der Waals surface area contributed by atoms with E-state index in [0.717, 1.165) is 11.5 Å². The van der Waals surface area contributed by atoms with Gasteiger partial charge >= 0.3 is 0 Å². The largest absolute Gasteiger partial charge is 0.349 e. The van der Waals surface area contributed by atoms with Crippen molar-refractivity contribution in [1.82, 2.24) is 10.6 Å². The highest BCUT2D eigenvalue weighted by Crippen LogP contribution is 2.05. The van der Waals surface area contributed by atoms with Crippen molar-refractivity contribution in [3.63, 3.8) is 0 Å². The van der Waals surface area contributed by atoms with Gasteiger partial charge in [-0.05, 0) is 0 Å². The molecule has 0 saturated heterocycles. The standard InChI is InChI=1S/C5H5N4/c1-4-5(8-2-6-1)9-3-7-4/h1,3,8H,2H2. The molecule has 4 nitrogen and oxygen atoms in total. The third-order valence-electron chi connectivity index (χ3n) is 1.18. The Kier molecular flexibility index (Phi) is 0.798. The van der Waals surface area contributed by atoms with Crippen LogP contribution in [0.15, 0.2) is 21.5 Å². The van der Waals surface area contributed by atoms with Crippen LogP contribution in [0.2, 0.25) is 0 Å². The second-order valence-corrected chi connectivity index (χ2v) is 1.75. The summed E-state index contributed by atoms with van der Waals surface area (Å²) in [6.45, 7) is 0.617. The topological polar surface area (TPSA) is 50.9 Å². The van der Waals surface area contributed by atoms with Crippen molar-refractivity contribution in [3.05, 3.63) is 11.5 Å². The molecule has 0 fully saturated rings. The molecule has 2 aliphatic rings. The van der Waals surface area contributed by atoms with E-state index in [1.807, 2.05) is 0 Å². The molecule has 0 spiro atoms. The Bertz CT molecular complexity index is 213. The van der Waals surface area contributed by atoms with Gasteiger partial charge < -0.3 is 5.32 Å². The Hall–Kier alpha value is -1.32. The molecule has 0 aromatic rings. The van der Waals surface area contributed by atoms with E-state index in [1.54, 1.807) is 6.21 Å². The number of nitrogens with zero attached hydrogens (tertiary/aromatic N) is 3. The summed E-state index contributed by atoms with van der Waals surface area (Å²) in [4.78, 5) is 7.90. The fraction of sp³-hybridized carbons (Fsp3) is 0.200. The fourth-order valence-electron chi connectivity index (χ4n) is 0.759. The van der Waals surface area contributed by atoms with Crippen LogP contribution < -0.4 is 10.6 Å². The smallest absolute Gasteiger partial charge is 0.156 e. The maximum atomic E-state index is 3.95. The summed E-state index contributed by atoms with van der Waals surface area (Å²) in [6, 6.07) is 0. The van der Waals surface area contributed by atoms with Crippen molar-refractivity contribution in [1.29, 1.82) is 0 Å². The Morgan fingerprint density at radius 2 is 2.56 bits per heavy atom. The van der Waals surface area contributed by atoms with Gasteiger partial charge in [0.2, 0.25) is 0 Å². The lowest BCUT2D eigenvalue weighted by atomic mass is 10.4. The molecular formula is C5H5N4. The van der Waals surface area contributed by atoms with Crippen LogP contribution in [-0.4, -0.2) is 19.2 Å². The molecule has 0 atom stereocenters. The van der Waals surface area contributed by atoms with E-state index in [-0.39, 0.29) is 0 Å². The van der Waals surface area contributed by atoms with E-state index >= 15 is 0 Å². The summed E-state index contributed by atoms with van der Waals surface area (Å²) in [5.74, 6) is 0.838. The van der Waals surface area contributed by atoms with E-state index < -0.39 is 0 Å². The second-order valence-electron chi connectivity index (χ2n) is 1.75. The summed E-state index contributed by atoms with van der Waals surface area (Å²) >= 11 is 0. The van der Waals surface area contributed by atoms with E-state index in [0.29, 0.717) is 6.67 Å². The Morgan fingerprint density at radius 3 is 3.44 bits per heavy atom. The monoisotopic (exact) mass is 121 g/mol. The highest BCUT2D eigenvalue weighted by molar-refractivity contribution is 5.86. The first-order chi connectivity index (χ1) is 4.47. The maximum absolute atomic E-state index is 3.95. The molecule has 1 radical (unpaired) electrons. The molecule has 0 amide bonds. The predicted molar refractivity (Wildman–Crippen MR) is 34.1 cm³/mol. The van der Waals surface area contributed by atoms with E-state index in [1.165, 1.54) is 6.34 Å². The van der Waals surface area contributed by atoms with Gasteiger partial charge in [-0.25, -0.2) is 10.3 Å². The number of hydrogen-bond acceptors (Lipinski definition) is 3. The Labute approximate surface area is 52.4 Å². The molecule has 0 aliphatic carbocycles. The zero-order valence-electron chi connectivity index (χ0n) is 4.70. The van der Waals surface area contributed by atoms with Gasteiger partial charge in [0.25, 0.3) is 0 Å². The normalized spacial score (nSPS) is 21.3. The van der Waals surface area contributed by atoms with Crippen molar-refractivity contribution in [3.8, 4) is 0 Å². The van der Waals surface area contributed by atoms with Crippen LogP contribution in [-0.2, 0) is 0 Å². The number of allylic oxidation sites excluding steroid dienone is 1. The predicted octanol–water partition coefficient (Wildman–Crippen LogP) is -0.567. The van der Waals surface area contributed by atoms with Crippen LogP contribution in [0.4, 0.5) is 0 Å². The number of hydrogen-bond donors (Lipinski definition) is 1. The molecule has 9 heavy (non-hydrogen) atoms. The quantitative estimate of drug-likeness (QED) is 0.458. The molecule has 0 aromatic carbocycles. The zero-order valence-corrected chi connectivity index (χ0v) is 4.70. The highest BCUT2D eigenvalue weighted by atomic mass is 15.2. The van der Waals surface area contributed by atoms with Crippen LogP contribution in [0, 0.1) is 0 Å². The van der Waals surface area contributed by atoms with Crippen molar-refractivity contribution in [2.75, 3.05) is 6.67 Å². The molecule has 0 saturated carbocycles. The minimum absolute atomic E-state index is 0.617. The lowest BCUT2D eigenvalue weighted by molar-refractivity contribution is 0.800. The van der Waals surface area contributed by atoms with Gasteiger partial charge in [0.1, 0.15) is 18.7 Å². The maximum Gasteiger partial charge on any atom is 0.156 e. The number of rotatable bonds is 0. The lowest BCUT2D eigenvalue weighted by Gasteiger charge is -2.05. The highest BCUT2D eigenvalue weighted by Gasteiger charge is 2.11. The van der Waals surface area contributed by atoms with Crippen LogP contribution in [0.3, 0.4) is 0 Å². The van der Waals surface area contributed by atoms with Crippen molar-refractivity contribution >= 4 is 12.6 Å². The van der Waals surface area contributed by atoms with Gasteiger partial charge in [0.15, 0.2) is 5.82 Å². The third-order valence-corrected chi connectivity index (χ3v) is 1.18. The van der Waals surface area contributed by atoms with Gasteiger partial charge in [-0.1, -0.05) is 0 Å². The molecule has 0 bridgehead atoms. The molecule has 2 aliphatic heterocycles. The lowest BCUT2D eigenvalue weighted by Crippen LogP contribution is -2.18. The van der Waals surface area contributed by atoms with Gasteiger partial charge in [-0.2, -0.15) is 0 Å². The molecule has 45 valence electrons. The number of nitrogens with one attached hydrogen (secondary N) is 1. The van der Waals surface area contributed by atoms with E-state index in [2.05, 4.69) is 20.6 Å². The second kappa shape index (κ2) is 1.58. The average molecular weight is 121 g/mol. The fourth-order valence-corrected chi connectivity index (χ4v) is 0.759. The van der Waals surface area contributed by atoms with Crippen molar-refractivity contribution in [2.45, 2.75) is 0 Å². The Morgan fingerprint density at radius 1 is 1.56 bits per heavy atom. The molecule has 0 unspecified atom stereocenters. The van der Waals surface area contributed by atoms with E-state index in [9.17, 15) is 0 Å². The average Bonchev–Trinajstić information content (AvgIpc) is 2.33. The minimum atomic E-state index is 0.617. The van der Waals surface area contributed by atoms with Gasteiger partial charge in [-0.3, -0.25) is 4.99 Å². The summed E-state index contributed by atoms with van der Waals surface area (Å²) in [6.07, 6.45) is 3.24. The SMILES string of the molecule is C1=NCNC2=C1[N]C=N2. The van der Waals surface area contributed by atoms with Crippen LogP contribution in [0.5, 0.6) is 0 Å². The van der Waals surface area contributed by atoms with Gasteiger partial charge in [-0.15, -0.1) is 0 Å². The molecule has 0 aromatic heterocycles. The molecule has 2 rings (SSSR count). The summed E-state index contributed by atoms with van der Waals surface area (Å²) in [5.41, 5.74) is 0.834. The van der Waals surface area contributed by atoms with Crippen LogP contribution in [0.25, 0.3) is 0 Å². The first kappa shape index (κ1) is 4.55. The Balaban J connectivity index is 2.35. The molecular weight excluding hydrogens is 116 g/mol. The third kappa shape index (κ3) is 0.595. The van der Waals surface area contributed by atoms with Crippen molar-refractivity contribution in [2.24, 2.45) is 9.98 Å². The van der Waals surface area contributed by atoms with Gasteiger partial charge in [0, 0.05) is 0 Å². The van der Waals surface area contributed by atoms with Gasteiger partial charge in [0.05, 0.1) is 6.21 Å². The summed E-state index contributed by atoms with van der Waals surface area (Å²) in [5, 5.41) is 6.90.